The first-order valence-corrected chi connectivity index (χ1v) is 14.9. The molecule has 0 saturated carbocycles. The number of benzene rings is 1. The Morgan fingerprint density at radius 1 is 0.800 bits per heavy atom. The molecule has 0 bridgehead atoms. The Morgan fingerprint density at radius 2 is 1.43 bits per heavy atom. The van der Waals surface area contributed by atoms with Crippen LogP contribution in [0.3, 0.4) is 0 Å². The second-order valence-electron chi connectivity index (χ2n) is 11.7. The van der Waals surface area contributed by atoms with Gasteiger partial charge in [0, 0.05) is 55.9 Å². The van der Waals surface area contributed by atoms with E-state index in [0.29, 0.717) is 24.7 Å². The van der Waals surface area contributed by atoms with E-state index in [1.807, 2.05) is 32.3 Å². The highest BCUT2D eigenvalue weighted by Crippen LogP contribution is 2.33. The minimum absolute atomic E-state index is 0.235. The molecule has 218 valence electrons. The standard InChI is InChI=1S/C14H21N.C11H17N3.C8H12N2O/c1-11(2)15-9-12(3)14(10-15)13-7-5-4-6-8-13;1-9(2)14-8-3-5-10(14)11-12-6-4-7-13-11;1-7(2)11-6-8-9-4-3-5-10-8/h4-8,11-12,14H,9-10H2,1-3H3;4,6-7,9-10H,3,5,8H2,1-2H3;3-5,7H,6H2,1-2H3/t12-,14-;;/m1../s1. The zero-order valence-electron chi connectivity index (χ0n) is 25.6. The molecule has 7 heteroatoms. The lowest BCUT2D eigenvalue weighted by Crippen LogP contribution is -2.31. The number of likely N-dealkylation sites (tertiary alicyclic amines) is 2. The van der Waals surface area contributed by atoms with Crippen molar-refractivity contribution in [3.63, 3.8) is 0 Å². The number of ether oxygens (including phenoxy) is 1. The number of nitrogens with zero attached hydrogens (tertiary/aromatic N) is 6. The molecule has 5 rings (SSSR count). The van der Waals surface area contributed by atoms with E-state index in [1.165, 1.54) is 38.0 Å². The topological polar surface area (TPSA) is 67.3 Å². The number of aromatic nitrogens is 4. The number of hydrogen-bond donors (Lipinski definition) is 0. The van der Waals surface area contributed by atoms with Gasteiger partial charge in [0.1, 0.15) is 12.4 Å². The van der Waals surface area contributed by atoms with Gasteiger partial charge in [0.15, 0.2) is 5.82 Å². The molecule has 0 N–H and O–H groups in total. The molecule has 4 heterocycles. The van der Waals surface area contributed by atoms with E-state index in [4.69, 9.17) is 4.74 Å². The van der Waals surface area contributed by atoms with Crippen molar-refractivity contribution in [3.8, 4) is 0 Å². The lowest BCUT2D eigenvalue weighted by molar-refractivity contribution is 0.0612. The van der Waals surface area contributed by atoms with Gasteiger partial charge < -0.3 is 9.64 Å². The highest BCUT2D eigenvalue weighted by atomic mass is 16.5. The molecule has 3 atom stereocenters. The Hall–Kier alpha value is -2.74. The highest BCUT2D eigenvalue weighted by molar-refractivity contribution is 5.22. The summed E-state index contributed by atoms with van der Waals surface area (Å²) in [6.07, 6.45) is 9.79. The van der Waals surface area contributed by atoms with Crippen molar-refractivity contribution < 1.29 is 4.74 Å². The van der Waals surface area contributed by atoms with Crippen molar-refractivity contribution in [2.75, 3.05) is 19.6 Å². The molecule has 3 aromatic rings. The largest absolute Gasteiger partial charge is 0.371 e. The Balaban J connectivity index is 0.000000168. The summed E-state index contributed by atoms with van der Waals surface area (Å²) in [5.74, 6) is 3.24. The van der Waals surface area contributed by atoms with Crippen LogP contribution < -0.4 is 0 Å². The molecular weight excluding hydrogens is 496 g/mol. The molecule has 1 aromatic carbocycles. The Kier molecular flexibility index (Phi) is 13.1. The fourth-order valence-electron chi connectivity index (χ4n) is 5.37. The van der Waals surface area contributed by atoms with E-state index in [9.17, 15) is 0 Å². The number of rotatable bonds is 7. The van der Waals surface area contributed by atoms with Gasteiger partial charge in [-0.3, -0.25) is 4.90 Å². The van der Waals surface area contributed by atoms with Crippen molar-refractivity contribution in [3.05, 3.63) is 84.5 Å². The zero-order valence-corrected chi connectivity index (χ0v) is 25.6. The summed E-state index contributed by atoms with van der Waals surface area (Å²) < 4.78 is 5.30. The molecule has 7 nitrogen and oxygen atoms in total. The van der Waals surface area contributed by atoms with Crippen molar-refractivity contribution in [2.45, 2.75) is 98.1 Å². The third kappa shape index (κ3) is 10.0. The van der Waals surface area contributed by atoms with Crippen LogP contribution in [-0.2, 0) is 11.3 Å². The van der Waals surface area contributed by atoms with Crippen LogP contribution in [0.1, 0.15) is 90.5 Å². The van der Waals surface area contributed by atoms with Crippen LogP contribution in [0.5, 0.6) is 0 Å². The highest BCUT2D eigenvalue weighted by Gasteiger charge is 2.31. The average molecular weight is 547 g/mol. The summed E-state index contributed by atoms with van der Waals surface area (Å²) in [6.45, 7) is 19.6. The Morgan fingerprint density at radius 3 is 1.98 bits per heavy atom. The Labute approximate surface area is 242 Å². The van der Waals surface area contributed by atoms with Crippen LogP contribution in [0.4, 0.5) is 0 Å². The van der Waals surface area contributed by atoms with Crippen LogP contribution in [-0.4, -0.2) is 67.6 Å². The van der Waals surface area contributed by atoms with Crippen molar-refractivity contribution in [1.82, 2.24) is 29.7 Å². The SMILES string of the molecule is CC(C)N1CCCC1c1ncccn1.CC(C)N1C[C@@H](C)[C@H](c2ccccc2)C1.CC(C)OCc1ncccn1. The molecule has 0 radical (unpaired) electrons. The lowest BCUT2D eigenvalue weighted by atomic mass is 9.90. The minimum Gasteiger partial charge on any atom is -0.371 e. The summed E-state index contributed by atoms with van der Waals surface area (Å²) >= 11 is 0. The van der Waals surface area contributed by atoms with Gasteiger partial charge in [0.2, 0.25) is 0 Å². The molecule has 0 amide bonds. The summed E-state index contributed by atoms with van der Waals surface area (Å²) in [5.41, 5.74) is 1.51. The van der Waals surface area contributed by atoms with Crippen LogP contribution >= 0.6 is 0 Å². The third-order valence-corrected chi connectivity index (χ3v) is 7.60. The summed E-state index contributed by atoms with van der Waals surface area (Å²) in [6, 6.07) is 16.3. The minimum atomic E-state index is 0.235. The monoisotopic (exact) mass is 546 g/mol. The van der Waals surface area contributed by atoms with Gasteiger partial charge in [-0.15, -0.1) is 0 Å². The quantitative estimate of drug-likeness (QED) is 0.333. The maximum Gasteiger partial charge on any atom is 0.153 e. The predicted molar refractivity (Wildman–Crippen MR) is 163 cm³/mol. The fourth-order valence-corrected chi connectivity index (χ4v) is 5.37. The Bertz CT molecular complexity index is 1060. The maximum absolute atomic E-state index is 5.30. The van der Waals surface area contributed by atoms with E-state index in [1.54, 1.807) is 18.5 Å². The van der Waals surface area contributed by atoms with E-state index < -0.39 is 0 Å². The van der Waals surface area contributed by atoms with Crippen molar-refractivity contribution in [1.29, 1.82) is 0 Å². The fraction of sp³-hybridized carbons (Fsp3) is 0.576. The van der Waals surface area contributed by atoms with Crippen LogP contribution in [0.25, 0.3) is 0 Å². The molecule has 2 aliphatic rings. The molecule has 40 heavy (non-hydrogen) atoms. The van der Waals surface area contributed by atoms with Gasteiger partial charge in [-0.05, 0) is 84.5 Å². The summed E-state index contributed by atoms with van der Waals surface area (Å²) in [7, 11) is 0. The summed E-state index contributed by atoms with van der Waals surface area (Å²) in [4.78, 5) is 21.8. The van der Waals surface area contributed by atoms with Gasteiger partial charge in [-0.1, -0.05) is 37.3 Å². The molecular formula is C33H50N6O. The van der Waals surface area contributed by atoms with E-state index >= 15 is 0 Å². The average Bonchev–Trinajstić information content (AvgIpc) is 3.62. The lowest BCUT2D eigenvalue weighted by Gasteiger charge is -2.26. The van der Waals surface area contributed by atoms with Crippen molar-refractivity contribution >= 4 is 0 Å². The first-order valence-electron chi connectivity index (χ1n) is 14.9. The van der Waals surface area contributed by atoms with Crippen LogP contribution in [0.15, 0.2) is 67.3 Å². The maximum atomic E-state index is 5.30. The molecule has 1 unspecified atom stereocenters. The van der Waals surface area contributed by atoms with Gasteiger partial charge in [-0.2, -0.15) is 0 Å². The predicted octanol–water partition coefficient (Wildman–Crippen LogP) is 6.55. The van der Waals surface area contributed by atoms with Crippen LogP contribution in [0, 0.1) is 5.92 Å². The second-order valence-corrected chi connectivity index (χ2v) is 11.7. The smallest absolute Gasteiger partial charge is 0.153 e. The van der Waals surface area contributed by atoms with Gasteiger partial charge in [0.25, 0.3) is 0 Å². The molecule has 2 fully saturated rings. The second kappa shape index (κ2) is 16.5. The molecule has 2 aromatic heterocycles. The van der Waals surface area contributed by atoms with E-state index in [0.717, 1.165) is 23.5 Å². The van der Waals surface area contributed by atoms with E-state index in [-0.39, 0.29) is 6.10 Å². The molecule has 0 aliphatic carbocycles. The van der Waals surface area contributed by atoms with Gasteiger partial charge in [-0.25, -0.2) is 19.9 Å². The first-order chi connectivity index (χ1) is 19.3. The normalized spacial score (nSPS) is 21.3. The van der Waals surface area contributed by atoms with Gasteiger partial charge >= 0.3 is 0 Å². The molecule has 2 saturated heterocycles. The number of hydrogen-bond acceptors (Lipinski definition) is 7. The van der Waals surface area contributed by atoms with E-state index in [2.05, 4.69) is 94.7 Å². The molecule has 2 aliphatic heterocycles. The zero-order chi connectivity index (χ0) is 28.9. The first kappa shape index (κ1) is 31.8. The molecule has 0 spiro atoms. The van der Waals surface area contributed by atoms with Crippen molar-refractivity contribution in [2.24, 2.45) is 5.92 Å². The van der Waals surface area contributed by atoms with Gasteiger partial charge in [0.05, 0.1) is 12.1 Å². The summed E-state index contributed by atoms with van der Waals surface area (Å²) in [5, 5.41) is 0. The third-order valence-electron chi connectivity index (χ3n) is 7.60. The van der Waals surface area contributed by atoms with Crippen LogP contribution in [0.2, 0.25) is 0 Å².